The fraction of sp³-hybridized carbons (Fsp3) is 0.429. The Labute approximate surface area is 148 Å². The highest BCUT2D eigenvalue weighted by atomic mass is 79.9. The van der Waals surface area contributed by atoms with Crippen LogP contribution in [0.2, 0.25) is 0 Å². The van der Waals surface area contributed by atoms with Gasteiger partial charge in [-0.15, -0.1) is 10.2 Å². The first kappa shape index (κ1) is 17.2. The molecule has 1 saturated carbocycles. The van der Waals surface area contributed by atoms with E-state index in [2.05, 4.69) is 36.4 Å². The first-order valence-electron chi connectivity index (χ1n) is 7.10. The molecule has 0 bridgehead atoms. The first-order valence-corrected chi connectivity index (χ1v) is 8.71. The molecule has 1 fully saturated rings. The smallest absolute Gasteiger partial charge is 0.282 e. The number of pyridine rings is 1. The lowest BCUT2D eigenvalue weighted by atomic mass is 9.91. The van der Waals surface area contributed by atoms with Gasteiger partial charge in [-0.25, -0.2) is 8.78 Å². The van der Waals surface area contributed by atoms with Crippen LogP contribution in [0.5, 0.6) is 5.75 Å². The normalized spacial score (nSPS) is 16.5. The molecule has 0 spiro atoms. The molecule has 2 heterocycles. The largest absolute Gasteiger partial charge is 0.490 e. The third-order valence-electron chi connectivity index (χ3n) is 3.36. The molecule has 0 aromatic carbocycles. The maximum Gasteiger partial charge on any atom is 0.282 e. The van der Waals surface area contributed by atoms with Crippen LogP contribution in [0, 0.1) is 6.92 Å². The number of aromatic nitrogens is 3. The second kappa shape index (κ2) is 6.67. The molecule has 10 heteroatoms. The van der Waals surface area contributed by atoms with E-state index in [1.165, 1.54) is 0 Å². The molecule has 2 aromatic rings. The number of hydrogen-bond acceptors (Lipinski definition) is 6. The van der Waals surface area contributed by atoms with Crippen molar-refractivity contribution in [1.29, 1.82) is 0 Å². The molecular weight excluding hydrogens is 406 g/mol. The van der Waals surface area contributed by atoms with Crippen LogP contribution in [0.1, 0.15) is 34.0 Å². The lowest BCUT2D eigenvalue weighted by Gasteiger charge is -2.34. The minimum atomic E-state index is -2.63. The van der Waals surface area contributed by atoms with E-state index < -0.39 is 12.0 Å². The summed E-state index contributed by atoms with van der Waals surface area (Å²) in [6, 6.07) is 3.32. The van der Waals surface area contributed by atoms with E-state index >= 15 is 0 Å². The van der Waals surface area contributed by atoms with Gasteiger partial charge in [0.05, 0.1) is 12.2 Å². The number of nitrogens with zero attached hydrogens (tertiary/aromatic N) is 3. The van der Waals surface area contributed by atoms with Gasteiger partial charge in [0, 0.05) is 30.7 Å². The molecule has 1 amide bonds. The average Bonchev–Trinajstić information content (AvgIpc) is 2.89. The molecule has 1 aliphatic rings. The number of amides is 1. The summed E-state index contributed by atoms with van der Waals surface area (Å²) >= 11 is 4.26. The van der Waals surface area contributed by atoms with Gasteiger partial charge in [-0.05, 0) is 22.9 Å². The molecule has 3 rings (SSSR count). The highest BCUT2D eigenvalue weighted by molar-refractivity contribution is 9.11. The van der Waals surface area contributed by atoms with Gasteiger partial charge >= 0.3 is 0 Å². The van der Waals surface area contributed by atoms with Crippen LogP contribution < -0.4 is 10.1 Å². The van der Waals surface area contributed by atoms with Gasteiger partial charge in [0.15, 0.2) is 3.92 Å². The van der Waals surface area contributed by atoms with Crippen LogP contribution in [0.15, 0.2) is 16.0 Å². The van der Waals surface area contributed by atoms with Crippen molar-refractivity contribution in [1.82, 2.24) is 20.5 Å². The van der Waals surface area contributed by atoms with Crippen molar-refractivity contribution in [3.63, 3.8) is 0 Å². The average molecular weight is 419 g/mol. The molecule has 2 aromatic heterocycles. The Morgan fingerprint density at radius 1 is 1.46 bits per heavy atom. The van der Waals surface area contributed by atoms with Crippen LogP contribution in [0.3, 0.4) is 0 Å². The van der Waals surface area contributed by atoms with E-state index in [4.69, 9.17) is 4.74 Å². The first-order chi connectivity index (χ1) is 11.3. The van der Waals surface area contributed by atoms with Gasteiger partial charge in [-0.1, -0.05) is 11.3 Å². The number of nitrogens with one attached hydrogen (secondary N) is 1. The highest BCUT2D eigenvalue weighted by Gasteiger charge is 2.47. The minimum Gasteiger partial charge on any atom is -0.490 e. The quantitative estimate of drug-likeness (QED) is 0.806. The number of alkyl halides is 2. The van der Waals surface area contributed by atoms with Crippen molar-refractivity contribution >= 4 is 33.2 Å². The van der Waals surface area contributed by atoms with Crippen molar-refractivity contribution in [3.05, 3.63) is 32.4 Å². The molecule has 6 nitrogen and oxygen atoms in total. The molecule has 128 valence electrons. The zero-order valence-electron chi connectivity index (χ0n) is 12.6. The third kappa shape index (κ3) is 4.23. The van der Waals surface area contributed by atoms with Gasteiger partial charge < -0.3 is 10.1 Å². The second-order valence-electron chi connectivity index (χ2n) is 5.48. The van der Waals surface area contributed by atoms with E-state index in [0.717, 1.165) is 11.3 Å². The molecule has 0 saturated heterocycles. The molecule has 24 heavy (non-hydrogen) atoms. The molecule has 0 atom stereocenters. The molecule has 0 unspecified atom stereocenters. The highest BCUT2D eigenvalue weighted by Crippen LogP contribution is 2.39. The zero-order valence-corrected chi connectivity index (χ0v) is 15.0. The Kier molecular flexibility index (Phi) is 4.77. The van der Waals surface area contributed by atoms with Crippen molar-refractivity contribution in [2.75, 3.05) is 0 Å². The summed E-state index contributed by atoms with van der Waals surface area (Å²) in [4.78, 5) is 16.2. The van der Waals surface area contributed by atoms with Crippen LogP contribution in [0.4, 0.5) is 8.78 Å². The Balaban J connectivity index is 1.60. The molecule has 0 radical (unpaired) electrons. The summed E-state index contributed by atoms with van der Waals surface area (Å²) < 4.78 is 31.8. The lowest BCUT2D eigenvalue weighted by molar-refractivity contribution is -0.134. The predicted molar refractivity (Wildman–Crippen MR) is 86.4 cm³/mol. The minimum absolute atomic E-state index is 0.175. The number of rotatable bonds is 5. The van der Waals surface area contributed by atoms with E-state index in [1.54, 1.807) is 19.1 Å². The summed E-state index contributed by atoms with van der Waals surface area (Å²) in [5, 5.41) is 10.4. The van der Waals surface area contributed by atoms with Crippen molar-refractivity contribution in [2.24, 2.45) is 0 Å². The fourth-order valence-corrected chi connectivity index (χ4v) is 3.31. The predicted octanol–water partition coefficient (Wildman–Crippen LogP) is 3.11. The third-order valence-corrected chi connectivity index (χ3v) is 4.71. The molecular formula is C14H13BrF2N4O2S. The summed E-state index contributed by atoms with van der Waals surface area (Å²) in [7, 11) is 0. The van der Waals surface area contributed by atoms with Gasteiger partial charge in [0.25, 0.3) is 11.8 Å². The summed E-state index contributed by atoms with van der Waals surface area (Å²) in [6.07, 6.45) is -1.03. The fourth-order valence-electron chi connectivity index (χ4n) is 2.29. The maximum atomic E-state index is 12.9. The van der Waals surface area contributed by atoms with Crippen molar-refractivity contribution < 1.29 is 18.3 Å². The SMILES string of the molecule is Cc1cc(OC2CC(F)(F)C2)cc(CNC(=O)c2nnc(Br)s2)n1. The van der Waals surface area contributed by atoms with Crippen molar-refractivity contribution in [2.45, 2.75) is 38.3 Å². The lowest BCUT2D eigenvalue weighted by Crippen LogP contribution is -2.43. The van der Waals surface area contributed by atoms with Crippen LogP contribution in [-0.4, -0.2) is 33.1 Å². The Morgan fingerprint density at radius 3 is 2.83 bits per heavy atom. The summed E-state index contributed by atoms with van der Waals surface area (Å²) in [6.45, 7) is 1.95. The van der Waals surface area contributed by atoms with E-state index in [9.17, 15) is 13.6 Å². The Hall–Kier alpha value is -1.68. The zero-order chi connectivity index (χ0) is 17.3. The Bertz CT molecular complexity index is 763. The maximum absolute atomic E-state index is 12.9. The van der Waals surface area contributed by atoms with Gasteiger partial charge in [-0.2, -0.15) is 0 Å². The van der Waals surface area contributed by atoms with Gasteiger partial charge in [-0.3, -0.25) is 9.78 Å². The number of ether oxygens (including phenoxy) is 1. The van der Waals surface area contributed by atoms with Crippen molar-refractivity contribution in [3.8, 4) is 5.75 Å². The Morgan fingerprint density at radius 2 is 2.21 bits per heavy atom. The monoisotopic (exact) mass is 418 g/mol. The van der Waals surface area contributed by atoms with E-state index in [0.29, 0.717) is 21.1 Å². The second-order valence-corrected chi connectivity index (χ2v) is 7.74. The summed E-state index contributed by atoms with van der Waals surface area (Å²) in [5.41, 5.74) is 1.26. The topological polar surface area (TPSA) is 77.0 Å². The van der Waals surface area contributed by atoms with Crippen LogP contribution in [0.25, 0.3) is 0 Å². The molecule has 0 aliphatic heterocycles. The molecule has 1 aliphatic carbocycles. The number of halogens is 3. The van der Waals surface area contributed by atoms with Gasteiger partial charge in [0.1, 0.15) is 11.9 Å². The number of hydrogen-bond donors (Lipinski definition) is 1. The molecule has 1 N–H and O–H groups in total. The van der Waals surface area contributed by atoms with Crippen LogP contribution in [-0.2, 0) is 6.54 Å². The summed E-state index contributed by atoms with van der Waals surface area (Å²) in [5.74, 6) is -2.51. The standard InChI is InChI=1S/C14H13BrF2N4O2S/c1-7-2-9(23-10-4-14(16,17)5-10)3-8(19-7)6-18-11(22)12-20-21-13(15)24-12/h2-3,10H,4-6H2,1H3,(H,18,22). The van der Waals surface area contributed by atoms with Gasteiger partial charge in [0.2, 0.25) is 5.01 Å². The van der Waals surface area contributed by atoms with Crippen LogP contribution >= 0.6 is 27.3 Å². The van der Waals surface area contributed by atoms with E-state index in [1.807, 2.05) is 0 Å². The number of carbonyl (C=O) groups excluding carboxylic acids is 1. The van der Waals surface area contributed by atoms with E-state index in [-0.39, 0.29) is 30.3 Å². The number of aryl methyl sites for hydroxylation is 1. The number of carbonyl (C=O) groups is 1.